The third kappa shape index (κ3) is 2.48. The van der Waals surface area contributed by atoms with E-state index in [1.54, 1.807) is 12.1 Å². The Morgan fingerprint density at radius 3 is 2.41 bits per heavy atom. The summed E-state index contributed by atoms with van der Waals surface area (Å²) in [5.41, 5.74) is 0.908. The molecule has 0 radical (unpaired) electrons. The van der Waals surface area contributed by atoms with Crippen molar-refractivity contribution in [1.29, 1.82) is 0 Å². The first-order chi connectivity index (χ1) is 10.6. The monoisotopic (exact) mass is 303 g/mol. The van der Waals surface area contributed by atoms with Gasteiger partial charge in [-0.2, -0.15) is 0 Å². The standard InChI is InChI=1S/C15H8F3N3O/c16-10-3-2-9(13(17)14(10)18)15(22)21-8-1-4-11-12(7-8)20-6-5-19-11/h1-7H,(H,21,22). The second kappa shape index (κ2) is 5.44. The van der Waals surface area contributed by atoms with Crippen molar-refractivity contribution in [1.82, 2.24) is 9.97 Å². The molecule has 0 saturated carbocycles. The van der Waals surface area contributed by atoms with Crippen molar-refractivity contribution in [2.24, 2.45) is 0 Å². The fraction of sp³-hybridized carbons (Fsp3) is 0. The highest BCUT2D eigenvalue weighted by atomic mass is 19.2. The van der Waals surface area contributed by atoms with Crippen molar-refractivity contribution in [3.05, 3.63) is 65.7 Å². The maximum absolute atomic E-state index is 13.6. The summed E-state index contributed by atoms with van der Waals surface area (Å²) < 4.78 is 39.6. The summed E-state index contributed by atoms with van der Waals surface area (Å²) in [6.45, 7) is 0. The van der Waals surface area contributed by atoms with Gasteiger partial charge in [-0.15, -0.1) is 0 Å². The lowest BCUT2D eigenvalue weighted by Crippen LogP contribution is -2.15. The summed E-state index contributed by atoms with van der Waals surface area (Å²) >= 11 is 0. The number of carbonyl (C=O) groups is 1. The molecule has 0 fully saturated rings. The molecule has 0 aliphatic carbocycles. The smallest absolute Gasteiger partial charge is 0.258 e. The highest BCUT2D eigenvalue weighted by Crippen LogP contribution is 2.19. The van der Waals surface area contributed by atoms with Crippen LogP contribution in [-0.2, 0) is 0 Å². The quantitative estimate of drug-likeness (QED) is 0.739. The Morgan fingerprint density at radius 2 is 1.64 bits per heavy atom. The Kier molecular flexibility index (Phi) is 3.46. The summed E-state index contributed by atoms with van der Waals surface area (Å²) in [6.07, 6.45) is 3.01. The highest BCUT2D eigenvalue weighted by molar-refractivity contribution is 6.05. The van der Waals surface area contributed by atoms with Crippen LogP contribution in [0.3, 0.4) is 0 Å². The van der Waals surface area contributed by atoms with Crippen molar-refractivity contribution < 1.29 is 18.0 Å². The van der Waals surface area contributed by atoms with Gasteiger partial charge in [0.25, 0.3) is 5.91 Å². The molecule has 110 valence electrons. The number of amides is 1. The molecule has 2 aromatic carbocycles. The van der Waals surface area contributed by atoms with Crippen LogP contribution in [0.5, 0.6) is 0 Å². The van der Waals surface area contributed by atoms with Gasteiger partial charge in [-0.1, -0.05) is 0 Å². The van der Waals surface area contributed by atoms with E-state index >= 15 is 0 Å². The number of aromatic nitrogens is 2. The number of rotatable bonds is 2. The lowest BCUT2D eigenvalue weighted by Gasteiger charge is -2.07. The lowest BCUT2D eigenvalue weighted by molar-refractivity contribution is 0.102. The Balaban J connectivity index is 1.91. The van der Waals surface area contributed by atoms with Gasteiger partial charge < -0.3 is 5.32 Å². The molecule has 0 unspecified atom stereocenters. The first-order valence-electron chi connectivity index (χ1n) is 6.22. The third-order valence-corrected chi connectivity index (χ3v) is 3.01. The second-order valence-corrected chi connectivity index (χ2v) is 4.44. The van der Waals surface area contributed by atoms with Crippen molar-refractivity contribution in [2.45, 2.75) is 0 Å². The van der Waals surface area contributed by atoms with Gasteiger partial charge in [0.1, 0.15) is 0 Å². The topological polar surface area (TPSA) is 54.9 Å². The van der Waals surface area contributed by atoms with Gasteiger partial charge in [-0.25, -0.2) is 13.2 Å². The molecule has 1 heterocycles. The fourth-order valence-corrected chi connectivity index (χ4v) is 1.94. The Bertz CT molecular complexity index is 883. The van der Waals surface area contributed by atoms with Crippen LogP contribution in [0.2, 0.25) is 0 Å². The van der Waals surface area contributed by atoms with Crippen LogP contribution in [0.1, 0.15) is 10.4 Å². The summed E-state index contributed by atoms with van der Waals surface area (Å²) in [5, 5.41) is 2.40. The highest BCUT2D eigenvalue weighted by Gasteiger charge is 2.18. The maximum Gasteiger partial charge on any atom is 0.258 e. The number of nitrogens with one attached hydrogen (secondary N) is 1. The number of carbonyl (C=O) groups excluding carboxylic acids is 1. The molecule has 1 aromatic heterocycles. The molecule has 0 atom stereocenters. The van der Waals surface area contributed by atoms with E-state index < -0.39 is 28.9 Å². The van der Waals surface area contributed by atoms with Crippen LogP contribution in [0.4, 0.5) is 18.9 Å². The summed E-state index contributed by atoms with van der Waals surface area (Å²) in [6, 6.07) is 6.29. The van der Waals surface area contributed by atoms with Crippen LogP contribution >= 0.6 is 0 Å². The maximum atomic E-state index is 13.6. The molecule has 1 N–H and O–H groups in total. The zero-order valence-electron chi connectivity index (χ0n) is 11.0. The van der Waals surface area contributed by atoms with Gasteiger partial charge in [0, 0.05) is 18.1 Å². The van der Waals surface area contributed by atoms with Crippen LogP contribution in [-0.4, -0.2) is 15.9 Å². The summed E-state index contributed by atoms with van der Waals surface area (Å²) in [7, 11) is 0. The normalized spacial score (nSPS) is 10.7. The van der Waals surface area contributed by atoms with E-state index in [0.717, 1.165) is 6.07 Å². The Labute approximate surface area is 122 Å². The van der Waals surface area contributed by atoms with Crippen molar-refractivity contribution >= 4 is 22.6 Å². The van der Waals surface area contributed by atoms with Gasteiger partial charge in [0.2, 0.25) is 0 Å². The van der Waals surface area contributed by atoms with E-state index in [-0.39, 0.29) is 0 Å². The van der Waals surface area contributed by atoms with Gasteiger partial charge >= 0.3 is 0 Å². The molecule has 3 rings (SSSR count). The molecule has 3 aromatic rings. The number of hydrogen-bond acceptors (Lipinski definition) is 3. The number of anilines is 1. The molecule has 4 nitrogen and oxygen atoms in total. The van der Waals surface area contributed by atoms with Gasteiger partial charge in [0.15, 0.2) is 17.5 Å². The first-order valence-corrected chi connectivity index (χ1v) is 6.22. The number of hydrogen-bond donors (Lipinski definition) is 1. The molecule has 0 aliphatic rings. The zero-order valence-corrected chi connectivity index (χ0v) is 11.0. The average Bonchev–Trinajstić information content (AvgIpc) is 2.52. The van der Waals surface area contributed by atoms with E-state index in [4.69, 9.17) is 0 Å². The van der Waals surface area contributed by atoms with E-state index in [2.05, 4.69) is 15.3 Å². The number of nitrogens with zero attached hydrogens (tertiary/aromatic N) is 2. The lowest BCUT2D eigenvalue weighted by atomic mass is 10.1. The summed E-state index contributed by atoms with van der Waals surface area (Å²) in [4.78, 5) is 20.1. The summed E-state index contributed by atoms with van der Waals surface area (Å²) in [5.74, 6) is -5.45. The molecule has 0 spiro atoms. The van der Waals surface area contributed by atoms with Crippen molar-refractivity contribution in [3.8, 4) is 0 Å². The molecule has 7 heteroatoms. The Morgan fingerprint density at radius 1 is 0.909 bits per heavy atom. The second-order valence-electron chi connectivity index (χ2n) is 4.44. The minimum Gasteiger partial charge on any atom is -0.322 e. The molecular formula is C15H8F3N3O. The largest absolute Gasteiger partial charge is 0.322 e. The number of fused-ring (bicyclic) bond motifs is 1. The fourth-order valence-electron chi connectivity index (χ4n) is 1.94. The van der Waals surface area contributed by atoms with Gasteiger partial charge in [-0.3, -0.25) is 14.8 Å². The van der Waals surface area contributed by atoms with E-state index in [1.165, 1.54) is 18.5 Å². The Hall–Kier alpha value is -2.96. The number of benzene rings is 2. The predicted octanol–water partition coefficient (Wildman–Crippen LogP) is 3.30. The number of halogens is 3. The minimum atomic E-state index is -1.68. The molecule has 0 saturated heterocycles. The molecule has 22 heavy (non-hydrogen) atoms. The van der Waals surface area contributed by atoms with Crippen LogP contribution in [0.25, 0.3) is 11.0 Å². The predicted molar refractivity (Wildman–Crippen MR) is 73.8 cm³/mol. The molecule has 0 aliphatic heterocycles. The van der Waals surface area contributed by atoms with Crippen LogP contribution < -0.4 is 5.32 Å². The average molecular weight is 303 g/mol. The van der Waals surface area contributed by atoms with Crippen molar-refractivity contribution in [3.63, 3.8) is 0 Å². The first kappa shape index (κ1) is 14.0. The molecule has 0 bridgehead atoms. The van der Waals surface area contributed by atoms with Crippen LogP contribution in [0.15, 0.2) is 42.7 Å². The third-order valence-electron chi connectivity index (χ3n) is 3.01. The minimum absolute atomic E-state index is 0.335. The SMILES string of the molecule is O=C(Nc1ccc2nccnc2c1)c1ccc(F)c(F)c1F. The van der Waals surface area contributed by atoms with Gasteiger partial charge in [0.05, 0.1) is 16.6 Å². The van der Waals surface area contributed by atoms with E-state index in [1.807, 2.05) is 0 Å². The van der Waals surface area contributed by atoms with Crippen molar-refractivity contribution in [2.75, 3.05) is 5.32 Å². The van der Waals surface area contributed by atoms with Gasteiger partial charge in [-0.05, 0) is 30.3 Å². The van der Waals surface area contributed by atoms with Crippen LogP contribution in [0, 0.1) is 17.5 Å². The molecule has 1 amide bonds. The van der Waals surface area contributed by atoms with E-state index in [9.17, 15) is 18.0 Å². The zero-order chi connectivity index (χ0) is 15.7. The molecular weight excluding hydrogens is 295 g/mol. The van der Waals surface area contributed by atoms with E-state index in [0.29, 0.717) is 22.8 Å².